The maximum atomic E-state index is 13.0. The molecule has 0 unspecified atom stereocenters. The second-order valence-electron chi connectivity index (χ2n) is 10.5. The molecule has 1 aliphatic carbocycles. The van der Waals surface area contributed by atoms with Crippen molar-refractivity contribution in [2.45, 2.75) is 76.4 Å². The number of alkyl halides is 3. The monoisotopic (exact) mass is 511 g/mol. The summed E-state index contributed by atoms with van der Waals surface area (Å²) >= 11 is 0. The summed E-state index contributed by atoms with van der Waals surface area (Å²) in [4.78, 5) is 26.6. The summed E-state index contributed by atoms with van der Waals surface area (Å²) < 4.78 is 49.3. The first-order valence-corrected chi connectivity index (χ1v) is 12.1. The number of carbonyl (C=O) groups is 2. The Morgan fingerprint density at radius 3 is 2.42 bits per heavy atom. The van der Waals surface area contributed by atoms with Crippen LogP contribution in [0.1, 0.15) is 52.0 Å². The molecule has 2 heterocycles. The van der Waals surface area contributed by atoms with E-state index in [1.54, 1.807) is 0 Å². The lowest BCUT2D eigenvalue weighted by Crippen LogP contribution is -2.63. The highest BCUT2D eigenvalue weighted by Gasteiger charge is 2.36. The lowest BCUT2D eigenvalue weighted by Gasteiger charge is -2.46. The molecule has 2 aromatic rings. The van der Waals surface area contributed by atoms with Crippen molar-refractivity contribution in [3.63, 3.8) is 0 Å². The Kier molecular flexibility index (Phi) is 7.35. The molecule has 9 nitrogen and oxygen atoms in total. The number of anilines is 1. The van der Waals surface area contributed by atoms with Gasteiger partial charge in [-0.15, -0.1) is 0 Å². The summed E-state index contributed by atoms with van der Waals surface area (Å²) in [6.07, 6.45) is -1.19. The van der Waals surface area contributed by atoms with Crippen LogP contribution in [0, 0.1) is 0 Å². The van der Waals surface area contributed by atoms with Crippen molar-refractivity contribution in [1.29, 1.82) is 0 Å². The molecule has 198 valence electrons. The van der Waals surface area contributed by atoms with E-state index in [2.05, 4.69) is 26.0 Å². The molecule has 36 heavy (non-hydrogen) atoms. The summed E-state index contributed by atoms with van der Waals surface area (Å²) in [6, 6.07) is 3.63. The number of alkyl carbamates (subject to hydrolysis) is 1. The number of rotatable bonds is 6. The van der Waals surface area contributed by atoms with Gasteiger partial charge in [0.05, 0.1) is 23.5 Å². The standard InChI is InChI=1S/C24H32F3N5O4/c1-23(2,3)35-22(34)30-15-5-7-17(8-6-15)32-12-16(13-32)29-20(33)11-28-21-18-10-14(24(25,26)27)4-9-19(18)36-31-21/h4,9-10,15-17H,5-8,11-13H2,1-3H3,(H,28,31)(H,29,33)(H,30,34)/t15-,17+. The first-order chi connectivity index (χ1) is 16.9. The van der Waals surface area contributed by atoms with Gasteiger partial charge in [0.1, 0.15) is 5.60 Å². The van der Waals surface area contributed by atoms with Crippen molar-refractivity contribution < 1.29 is 32.0 Å². The molecule has 0 atom stereocenters. The number of likely N-dealkylation sites (tertiary alicyclic amines) is 1. The first-order valence-electron chi connectivity index (χ1n) is 12.1. The third kappa shape index (κ3) is 6.59. The predicted molar refractivity (Wildman–Crippen MR) is 126 cm³/mol. The van der Waals surface area contributed by atoms with Gasteiger partial charge in [-0.25, -0.2) is 4.79 Å². The SMILES string of the molecule is CC(C)(C)OC(=O)N[C@H]1CC[C@@H](N2CC(NC(=O)CNc3noc4ccc(C(F)(F)F)cc34)C2)CC1. The van der Waals surface area contributed by atoms with Gasteiger partial charge in [0.2, 0.25) is 5.91 Å². The van der Waals surface area contributed by atoms with Crippen LogP contribution in [0.2, 0.25) is 0 Å². The number of halogens is 3. The Bertz CT molecular complexity index is 1080. The van der Waals surface area contributed by atoms with Gasteiger partial charge in [-0.3, -0.25) is 9.69 Å². The van der Waals surface area contributed by atoms with Crippen molar-refractivity contribution >= 4 is 28.8 Å². The molecule has 1 aromatic heterocycles. The molecular weight excluding hydrogens is 479 g/mol. The van der Waals surface area contributed by atoms with Crippen LogP contribution in [0.4, 0.5) is 23.8 Å². The maximum Gasteiger partial charge on any atom is 0.416 e. The van der Waals surface area contributed by atoms with Crippen LogP contribution in [-0.4, -0.2) is 65.4 Å². The normalized spacial score (nSPS) is 21.6. The number of hydrogen-bond donors (Lipinski definition) is 3. The Balaban J connectivity index is 1.16. The van der Waals surface area contributed by atoms with Gasteiger partial charge in [0.15, 0.2) is 11.4 Å². The highest BCUT2D eigenvalue weighted by atomic mass is 19.4. The summed E-state index contributed by atoms with van der Waals surface area (Å²) in [6.45, 7) is 6.85. The molecule has 0 bridgehead atoms. The average molecular weight is 512 g/mol. The average Bonchev–Trinajstić information content (AvgIpc) is 3.15. The van der Waals surface area contributed by atoms with Gasteiger partial charge in [0, 0.05) is 25.2 Å². The molecule has 1 saturated heterocycles. The first kappa shape index (κ1) is 26.1. The Morgan fingerprint density at radius 2 is 1.78 bits per heavy atom. The number of carbonyl (C=O) groups excluding carboxylic acids is 2. The zero-order chi connectivity index (χ0) is 26.1. The number of hydrogen-bond acceptors (Lipinski definition) is 7. The van der Waals surface area contributed by atoms with Gasteiger partial charge in [0.25, 0.3) is 0 Å². The highest BCUT2D eigenvalue weighted by molar-refractivity contribution is 5.90. The van der Waals surface area contributed by atoms with E-state index in [0.717, 1.165) is 50.9 Å². The number of fused-ring (bicyclic) bond motifs is 1. The van der Waals surface area contributed by atoms with Crippen LogP contribution in [0.3, 0.4) is 0 Å². The molecule has 2 fully saturated rings. The second-order valence-corrected chi connectivity index (χ2v) is 10.5. The number of nitrogens with one attached hydrogen (secondary N) is 3. The molecule has 3 N–H and O–H groups in total. The zero-order valence-electron chi connectivity index (χ0n) is 20.6. The minimum atomic E-state index is -4.48. The minimum Gasteiger partial charge on any atom is -0.444 e. The van der Waals surface area contributed by atoms with Gasteiger partial charge in [-0.2, -0.15) is 13.2 Å². The second kappa shape index (κ2) is 10.2. The molecule has 0 radical (unpaired) electrons. The molecule has 2 amide bonds. The third-order valence-electron chi connectivity index (χ3n) is 6.42. The van der Waals surface area contributed by atoms with Crippen molar-refractivity contribution in [1.82, 2.24) is 20.7 Å². The highest BCUT2D eigenvalue weighted by Crippen LogP contribution is 2.33. The molecule has 0 spiro atoms. The largest absolute Gasteiger partial charge is 0.444 e. The summed E-state index contributed by atoms with van der Waals surface area (Å²) in [5, 5.41) is 12.6. The summed E-state index contributed by atoms with van der Waals surface area (Å²) in [5.41, 5.74) is -1.13. The molecule has 1 aliphatic heterocycles. The van der Waals surface area contributed by atoms with E-state index in [4.69, 9.17) is 9.26 Å². The molecule has 2 aliphatic rings. The van der Waals surface area contributed by atoms with Gasteiger partial charge >= 0.3 is 12.3 Å². The lowest BCUT2D eigenvalue weighted by atomic mass is 9.88. The Hall–Kier alpha value is -3.02. The fourth-order valence-corrected chi connectivity index (χ4v) is 4.65. The van der Waals surface area contributed by atoms with Crippen LogP contribution in [0.25, 0.3) is 11.0 Å². The number of amides is 2. The maximum absolute atomic E-state index is 13.0. The number of benzene rings is 1. The van der Waals surface area contributed by atoms with E-state index in [9.17, 15) is 22.8 Å². The molecule has 12 heteroatoms. The molecule has 4 rings (SSSR count). The van der Waals surface area contributed by atoms with Gasteiger partial charge in [-0.1, -0.05) is 5.16 Å². The molecular formula is C24H32F3N5O4. The third-order valence-corrected chi connectivity index (χ3v) is 6.42. The van der Waals surface area contributed by atoms with Crippen molar-refractivity contribution in [3.05, 3.63) is 23.8 Å². The quantitative estimate of drug-likeness (QED) is 0.540. The number of ether oxygens (including phenoxy) is 1. The lowest BCUT2D eigenvalue weighted by molar-refractivity contribution is -0.137. The fraction of sp³-hybridized carbons (Fsp3) is 0.625. The molecule has 1 aromatic carbocycles. The Labute approximate surface area is 207 Å². The van der Waals surface area contributed by atoms with Crippen LogP contribution in [0.15, 0.2) is 22.7 Å². The van der Waals surface area contributed by atoms with E-state index in [0.29, 0.717) is 6.04 Å². The van der Waals surface area contributed by atoms with Crippen molar-refractivity contribution in [2.75, 3.05) is 25.0 Å². The zero-order valence-corrected chi connectivity index (χ0v) is 20.6. The van der Waals surface area contributed by atoms with E-state index in [1.165, 1.54) is 6.07 Å². The topological polar surface area (TPSA) is 109 Å². The predicted octanol–water partition coefficient (Wildman–Crippen LogP) is 3.89. The minimum absolute atomic E-state index is 0.0165. The van der Waals surface area contributed by atoms with Crippen molar-refractivity contribution in [2.24, 2.45) is 0 Å². The number of aromatic nitrogens is 1. The van der Waals surface area contributed by atoms with E-state index in [1.807, 2.05) is 20.8 Å². The van der Waals surface area contributed by atoms with Crippen LogP contribution < -0.4 is 16.0 Å². The summed E-state index contributed by atoms with van der Waals surface area (Å²) in [7, 11) is 0. The fourth-order valence-electron chi connectivity index (χ4n) is 4.65. The Morgan fingerprint density at radius 1 is 1.08 bits per heavy atom. The van der Waals surface area contributed by atoms with E-state index < -0.39 is 17.3 Å². The van der Waals surface area contributed by atoms with Gasteiger partial charge in [-0.05, 0) is 64.7 Å². The number of nitrogens with zero attached hydrogens (tertiary/aromatic N) is 2. The molecule has 1 saturated carbocycles. The summed E-state index contributed by atoms with van der Waals surface area (Å²) in [5.74, 6) is -0.175. The van der Waals surface area contributed by atoms with Crippen LogP contribution in [-0.2, 0) is 15.7 Å². The smallest absolute Gasteiger partial charge is 0.416 e. The van der Waals surface area contributed by atoms with Crippen molar-refractivity contribution in [3.8, 4) is 0 Å². The van der Waals surface area contributed by atoms with E-state index >= 15 is 0 Å². The van der Waals surface area contributed by atoms with Crippen LogP contribution >= 0.6 is 0 Å². The van der Waals surface area contributed by atoms with Crippen LogP contribution in [0.5, 0.6) is 0 Å². The van der Waals surface area contributed by atoms with E-state index in [-0.39, 0.29) is 47.4 Å². The van der Waals surface area contributed by atoms with Gasteiger partial charge < -0.3 is 25.2 Å².